The minimum Gasteiger partial charge on any atom is -0.385 e. The molecule has 0 spiro atoms. The zero-order valence-corrected chi connectivity index (χ0v) is 6.84. The van der Waals surface area contributed by atoms with Gasteiger partial charge in [-0.25, -0.2) is 0 Å². The van der Waals surface area contributed by atoms with E-state index in [0.29, 0.717) is 0 Å². The highest BCUT2D eigenvalue weighted by Crippen LogP contribution is 2.30. The largest absolute Gasteiger partial charge is 0.385 e. The summed E-state index contributed by atoms with van der Waals surface area (Å²) in [7, 11) is 0. The van der Waals surface area contributed by atoms with E-state index in [-0.39, 0.29) is 0 Å². The van der Waals surface area contributed by atoms with Gasteiger partial charge in [0.15, 0.2) is 5.75 Å². The number of nitrogens with one attached hydrogen (secondary N) is 1. The van der Waals surface area contributed by atoms with Crippen LogP contribution in [0.3, 0.4) is 0 Å². The maximum atomic E-state index is 5.06. The molecule has 2 rings (SSSR count). The lowest BCUT2D eigenvalue weighted by atomic mass is 10.3. The number of hydrazine groups is 1. The second kappa shape index (κ2) is 2.91. The van der Waals surface area contributed by atoms with Crippen molar-refractivity contribution in [2.24, 2.45) is 5.10 Å². The summed E-state index contributed by atoms with van der Waals surface area (Å²) in [5, 5.41) is 7.39. The molecule has 1 heterocycles. The van der Waals surface area contributed by atoms with E-state index in [2.05, 4.69) is 28.1 Å². The first kappa shape index (κ1) is 7.24. The molecular weight excluding hydrogens is 174 g/mol. The van der Waals surface area contributed by atoms with E-state index >= 15 is 0 Å². The van der Waals surface area contributed by atoms with Crippen molar-refractivity contribution in [3.8, 4) is 5.75 Å². The Labute approximate surface area is 74.4 Å². The number of fused-ring (bicyclic) bond motifs is 1. The number of para-hydroxylation sites is 2. The highest BCUT2D eigenvalue weighted by atomic mass is 32.1. The van der Waals surface area contributed by atoms with Gasteiger partial charge < -0.3 is 4.84 Å². The lowest BCUT2D eigenvalue weighted by Crippen LogP contribution is -2.29. The van der Waals surface area contributed by atoms with Gasteiger partial charge in [-0.1, -0.05) is 17.2 Å². The van der Waals surface area contributed by atoms with E-state index in [1.165, 1.54) is 5.12 Å². The molecule has 0 saturated carbocycles. The van der Waals surface area contributed by atoms with E-state index in [0.717, 1.165) is 11.4 Å². The summed E-state index contributed by atoms with van der Waals surface area (Å²) >= 11 is 4.46. The monoisotopic (exact) mass is 179 g/mol. The number of thiocarbonyl (C=S) groups is 1. The van der Waals surface area contributed by atoms with Crippen molar-refractivity contribution in [3.05, 3.63) is 24.3 Å². The van der Waals surface area contributed by atoms with Crippen LogP contribution in [-0.4, -0.2) is 5.16 Å². The third-order valence-corrected chi connectivity index (χ3v) is 1.56. The highest BCUT2D eigenvalue weighted by molar-refractivity contribution is 7.78. The normalized spacial score (nSPS) is 13.2. The van der Waals surface area contributed by atoms with Crippen molar-refractivity contribution in [3.63, 3.8) is 0 Å². The number of hydrazone groups is 1. The van der Waals surface area contributed by atoms with Gasteiger partial charge in [-0.2, -0.15) is 5.12 Å². The molecule has 0 unspecified atom stereocenters. The van der Waals surface area contributed by atoms with E-state index < -0.39 is 0 Å². The van der Waals surface area contributed by atoms with Crippen molar-refractivity contribution < 1.29 is 4.84 Å². The summed E-state index contributed by atoms with van der Waals surface area (Å²) in [6.07, 6.45) is 0. The second-order valence-corrected chi connectivity index (χ2v) is 2.35. The third kappa shape index (κ3) is 1.06. The van der Waals surface area contributed by atoms with Crippen LogP contribution in [0.25, 0.3) is 0 Å². The van der Waals surface area contributed by atoms with Gasteiger partial charge in [-0.15, -0.1) is 0 Å². The fourth-order valence-electron chi connectivity index (χ4n) is 0.975. The Morgan fingerprint density at radius 2 is 2.33 bits per heavy atom. The molecule has 0 aromatic heterocycles. The zero-order chi connectivity index (χ0) is 8.39. The van der Waals surface area contributed by atoms with Gasteiger partial charge in [-0.3, -0.25) is 0 Å². The number of rotatable bonds is 1. The standard InChI is InChI=1S/C7H5N3OS/c12-5-8-10-6-3-1-2-4-7(6)11-9-10/h1-4,9H. The van der Waals surface area contributed by atoms with E-state index in [4.69, 9.17) is 4.84 Å². The first-order valence-corrected chi connectivity index (χ1v) is 3.72. The van der Waals surface area contributed by atoms with Gasteiger partial charge >= 0.3 is 0 Å². The lowest BCUT2D eigenvalue weighted by molar-refractivity contribution is 0.215. The molecule has 60 valence electrons. The average Bonchev–Trinajstić information content (AvgIpc) is 2.50. The molecule has 0 atom stereocenters. The van der Waals surface area contributed by atoms with Crippen LogP contribution in [0.5, 0.6) is 5.75 Å². The first-order chi connectivity index (χ1) is 5.92. The fourth-order valence-corrected chi connectivity index (χ4v) is 1.06. The summed E-state index contributed by atoms with van der Waals surface area (Å²) in [5.74, 6) is 0.728. The van der Waals surface area contributed by atoms with Gasteiger partial charge in [0.25, 0.3) is 0 Å². The third-order valence-electron chi connectivity index (χ3n) is 1.48. The molecule has 0 bridgehead atoms. The Morgan fingerprint density at radius 3 is 3.17 bits per heavy atom. The predicted octanol–water partition coefficient (Wildman–Crippen LogP) is 1.32. The van der Waals surface area contributed by atoms with Gasteiger partial charge in [0.1, 0.15) is 5.69 Å². The molecule has 1 aliphatic rings. The Hall–Kier alpha value is -1.42. The molecule has 0 saturated heterocycles. The Bertz CT molecular complexity index is 348. The number of anilines is 1. The molecule has 5 heteroatoms. The first-order valence-electron chi connectivity index (χ1n) is 3.31. The lowest BCUT2D eigenvalue weighted by Gasteiger charge is -2.04. The predicted molar refractivity (Wildman–Crippen MR) is 47.7 cm³/mol. The Kier molecular flexibility index (Phi) is 1.75. The van der Waals surface area contributed by atoms with Crippen LogP contribution in [0.1, 0.15) is 0 Å². The van der Waals surface area contributed by atoms with Gasteiger partial charge in [0, 0.05) is 0 Å². The molecular formula is C7H5N3OS. The smallest absolute Gasteiger partial charge is 0.176 e. The number of hydrogen-bond acceptors (Lipinski definition) is 5. The summed E-state index contributed by atoms with van der Waals surface area (Å²) in [6.45, 7) is 0. The van der Waals surface area contributed by atoms with Gasteiger partial charge in [0.05, 0.1) is 5.16 Å². The fraction of sp³-hybridized carbons (Fsp3) is 0. The van der Waals surface area contributed by atoms with Gasteiger partial charge in [-0.05, 0) is 29.9 Å². The summed E-state index contributed by atoms with van der Waals surface area (Å²) in [5.41, 5.74) is 3.39. The van der Waals surface area contributed by atoms with E-state index in [1.807, 2.05) is 24.3 Å². The SMILES string of the molecule is S=C=NN1NOc2ccccc21. The number of benzene rings is 1. The maximum Gasteiger partial charge on any atom is 0.176 e. The van der Waals surface area contributed by atoms with Crippen LogP contribution in [0, 0.1) is 0 Å². The van der Waals surface area contributed by atoms with E-state index in [9.17, 15) is 0 Å². The number of hydrogen-bond donors (Lipinski definition) is 1. The molecule has 1 aliphatic heterocycles. The van der Waals surface area contributed by atoms with Crippen molar-refractivity contribution in [1.82, 2.24) is 5.59 Å². The van der Waals surface area contributed by atoms with Crippen molar-refractivity contribution in [1.29, 1.82) is 0 Å². The van der Waals surface area contributed by atoms with Crippen molar-refractivity contribution >= 4 is 23.1 Å². The van der Waals surface area contributed by atoms with Crippen LogP contribution >= 0.6 is 12.2 Å². The average molecular weight is 179 g/mol. The molecule has 1 aromatic carbocycles. The van der Waals surface area contributed by atoms with Crippen LogP contribution < -0.4 is 15.5 Å². The topological polar surface area (TPSA) is 36.9 Å². The molecule has 1 aromatic rings. The van der Waals surface area contributed by atoms with Crippen LogP contribution in [0.4, 0.5) is 5.69 Å². The van der Waals surface area contributed by atoms with Crippen molar-refractivity contribution in [2.75, 3.05) is 5.12 Å². The molecule has 12 heavy (non-hydrogen) atoms. The second-order valence-electron chi connectivity index (χ2n) is 2.16. The Morgan fingerprint density at radius 1 is 1.50 bits per heavy atom. The molecule has 1 N–H and O–H groups in total. The quantitative estimate of drug-likeness (QED) is 0.521. The summed E-state index contributed by atoms with van der Waals surface area (Å²) in [4.78, 5) is 5.06. The maximum absolute atomic E-state index is 5.06. The number of isothiocyanates is 1. The van der Waals surface area contributed by atoms with E-state index in [1.54, 1.807) is 0 Å². The molecule has 0 amide bonds. The minimum absolute atomic E-state index is 0.728. The summed E-state index contributed by atoms with van der Waals surface area (Å²) < 4.78 is 0. The van der Waals surface area contributed by atoms with Crippen LogP contribution in [0.15, 0.2) is 29.4 Å². The van der Waals surface area contributed by atoms with Crippen LogP contribution in [-0.2, 0) is 0 Å². The highest BCUT2D eigenvalue weighted by Gasteiger charge is 2.18. The molecule has 4 nitrogen and oxygen atoms in total. The number of nitrogens with zero attached hydrogens (tertiary/aromatic N) is 2. The Balaban J connectivity index is 2.42. The minimum atomic E-state index is 0.728. The van der Waals surface area contributed by atoms with Crippen LogP contribution in [0.2, 0.25) is 0 Å². The zero-order valence-electron chi connectivity index (χ0n) is 6.02. The molecule has 0 radical (unpaired) electrons. The van der Waals surface area contributed by atoms with Gasteiger partial charge in [0.2, 0.25) is 0 Å². The van der Waals surface area contributed by atoms with Crippen molar-refractivity contribution in [2.45, 2.75) is 0 Å². The summed E-state index contributed by atoms with van der Waals surface area (Å²) in [6, 6.07) is 7.47. The molecule has 0 fully saturated rings. The molecule has 0 aliphatic carbocycles.